The summed E-state index contributed by atoms with van der Waals surface area (Å²) in [5, 5.41) is 14.9. The molecule has 0 fully saturated rings. The van der Waals surface area contributed by atoms with Crippen LogP contribution >= 0.6 is 0 Å². The lowest BCUT2D eigenvalue weighted by atomic mass is 9.89. The molecule has 2 atom stereocenters. The average molecular weight is 597 g/mol. The number of nitrogens with one attached hydrogen (secondary N) is 2. The molecular weight excluding hydrogens is 564 g/mol. The standard InChI is InChI=1S/C32H32N6O6/c1-3-4-23(19-6-8-20(9-7-19)32(43)44)37-31(42)25-12-24(35-16-36-25)30(41)34-13-18-5-10-22-21(11-18)14-38(15-26(22)39)28-17(2)29(40)27(28)33/h5-8,10-12,16,20,23H,2-4,9,13-15,33H2,1H3,(H,34,41)(H,37,42)(H,43,44). The number of carbonyl (C=O) groups excluding carboxylic acids is 4. The monoisotopic (exact) mass is 596 g/mol. The number of hydrogen-bond donors (Lipinski definition) is 4. The number of rotatable bonds is 10. The van der Waals surface area contributed by atoms with E-state index in [1.807, 2.05) is 19.1 Å². The molecule has 0 saturated heterocycles. The number of nitrogens with two attached hydrogens (primary N) is 1. The van der Waals surface area contributed by atoms with E-state index in [1.165, 1.54) is 6.07 Å². The van der Waals surface area contributed by atoms with E-state index in [-0.39, 0.29) is 53.4 Å². The maximum atomic E-state index is 13.1. The number of fused-ring (bicyclic) bond motifs is 1. The molecule has 2 aliphatic carbocycles. The van der Waals surface area contributed by atoms with Crippen molar-refractivity contribution in [2.24, 2.45) is 11.7 Å². The van der Waals surface area contributed by atoms with Crippen molar-refractivity contribution < 1.29 is 29.1 Å². The van der Waals surface area contributed by atoms with E-state index in [9.17, 15) is 29.1 Å². The molecule has 0 saturated carbocycles. The quantitative estimate of drug-likeness (QED) is 0.296. The van der Waals surface area contributed by atoms with E-state index in [2.05, 4.69) is 27.2 Å². The minimum atomic E-state index is -0.898. The zero-order valence-corrected chi connectivity index (χ0v) is 24.1. The summed E-state index contributed by atoms with van der Waals surface area (Å²) in [6.07, 6.45) is 8.09. The van der Waals surface area contributed by atoms with E-state index in [0.717, 1.165) is 29.4 Å². The minimum Gasteiger partial charge on any atom is -0.481 e. The van der Waals surface area contributed by atoms with Crippen LogP contribution in [0.4, 0.5) is 0 Å². The second-order valence-corrected chi connectivity index (χ2v) is 10.9. The molecule has 0 bridgehead atoms. The van der Waals surface area contributed by atoms with Gasteiger partial charge in [-0.15, -0.1) is 0 Å². The number of hydrogen-bond acceptors (Lipinski definition) is 9. The first-order valence-electron chi connectivity index (χ1n) is 14.2. The number of aromatic nitrogens is 2. The summed E-state index contributed by atoms with van der Waals surface area (Å²) < 4.78 is 0. The molecule has 0 radical (unpaired) electrons. The molecule has 12 heteroatoms. The van der Waals surface area contributed by atoms with E-state index < -0.39 is 23.7 Å². The Hall–Kier alpha value is -5.39. The first kappa shape index (κ1) is 30.1. The van der Waals surface area contributed by atoms with Gasteiger partial charge in [0.25, 0.3) is 11.8 Å². The number of carboxylic acids is 1. The fraction of sp³-hybridized carbons (Fsp3) is 0.281. The van der Waals surface area contributed by atoms with Crippen molar-refractivity contribution in [3.63, 3.8) is 0 Å². The highest BCUT2D eigenvalue weighted by atomic mass is 16.4. The first-order chi connectivity index (χ1) is 21.1. The molecule has 2 heterocycles. The largest absolute Gasteiger partial charge is 0.481 e. The third kappa shape index (κ3) is 6.05. The second-order valence-electron chi connectivity index (χ2n) is 10.9. The molecule has 12 nitrogen and oxygen atoms in total. The Morgan fingerprint density at radius 3 is 2.55 bits per heavy atom. The van der Waals surface area contributed by atoms with Crippen LogP contribution in [0.1, 0.15) is 68.6 Å². The normalized spacial score (nSPS) is 18.3. The van der Waals surface area contributed by atoms with Crippen molar-refractivity contribution in [1.82, 2.24) is 25.5 Å². The van der Waals surface area contributed by atoms with Gasteiger partial charge in [-0.1, -0.05) is 56.4 Å². The van der Waals surface area contributed by atoms with Gasteiger partial charge in [-0.2, -0.15) is 0 Å². The molecule has 44 heavy (non-hydrogen) atoms. The highest BCUT2D eigenvalue weighted by Gasteiger charge is 2.36. The van der Waals surface area contributed by atoms with Gasteiger partial charge in [0.2, 0.25) is 5.78 Å². The van der Waals surface area contributed by atoms with Gasteiger partial charge in [-0.25, -0.2) is 9.97 Å². The number of allylic oxidation sites excluding steroid dienone is 3. The van der Waals surface area contributed by atoms with Gasteiger partial charge in [0.15, 0.2) is 5.78 Å². The number of aliphatic carboxylic acids is 1. The third-order valence-electron chi connectivity index (χ3n) is 7.86. The Kier molecular flexibility index (Phi) is 8.52. The number of amides is 2. The second kappa shape index (κ2) is 12.5. The average Bonchev–Trinajstić information content (AvgIpc) is 3.03. The molecule has 3 aliphatic rings. The molecule has 2 amide bonds. The fourth-order valence-electron chi connectivity index (χ4n) is 5.48. The Bertz CT molecular complexity index is 1690. The number of Topliss-reactive ketones (excluding diaryl/α,β-unsaturated/α-hetero) is 2. The predicted molar refractivity (Wildman–Crippen MR) is 159 cm³/mol. The lowest BCUT2D eigenvalue weighted by Gasteiger charge is -2.36. The highest BCUT2D eigenvalue weighted by Crippen LogP contribution is 2.33. The number of carboxylic acid groups (broad SMARTS) is 1. The zero-order chi connectivity index (χ0) is 31.5. The molecule has 226 valence electrons. The van der Waals surface area contributed by atoms with Crippen LogP contribution < -0.4 is 16.4 Å². The first-order valence-corrected chi connectivity index (χ1v) is 14.2. The Morgan fingerprint density at radius 1 is 1.14 bits per heavy atom. The van der Waals surface area contributed by atoms with Crippen molar-refractivity contribution >= 4 is 29.4 Å². The van der Waals surface area contributed by atoms with Crippen molar-refractivity contribution in [1.29, 1.82) is 0 Å². The third-order valence-corrected chi connectivity index (χ3v) is 7.86. The molecule has 5 rings (SSSR count). The molecule has 1 aromatic carbocycles. The lowest BCUT2D eigenvalue weighted by Crippen LogP contribution is -2.42. The van der Waals surface area contributed by atoms with Crippen molar-refractivity contribution in [3.05, 3.63) is 106 Å². The van der Waals surface area contributed by atoms with Gasteiger partial charge < -0.3 is 26.4 Å². The van der Waals surface area contributed by atoms with Crippen molar-refractivity contribution in [3.8, 4) is 0 Å². The van der Waals surface area contributed by atoms with Crippen LogP contribution in [0.2, 0.25) is 0 Å². The van der Waals surface area contributed by atoms with Crippen molar-refractivity contribution in [2.45, 2.75) is 45.3 Å². The summed E-state index contributed by atoms with van der Waals surface area (Å²) in [4.78, 5) is 71.6. The Morgan fingerprint density at radius 2 is 1.89 bits per heavy atom. The van der Waals surface area contributed by atoms with E-state index >= 15 is 0 Å². The summed E-state index contributed by atoms with van der Waals surface area (Å²) in [7, 11) is 0. The lowest BCUT2D eigenvalue weighted by molar-refractivity contribution is -0.140. The van der Waals surface area contributed by atoms with E-state index in [0.29, 0.717) is 30.6 Å². The van der Waals surface area contributed by atoms with Gasteiger partial charge in [-0.05, 0) is 29.5 Å². The van der Waals surface area contributed by atoms with Crippen molar-refractivity contribution in [2.75, 3.05) is 6.54 Å². The molecule has 1 aliphatic heterocycles. The van der Waals surface area contributed by atoms with Crippen LogP contribution in [0.5, 0.6) is 0 Å². The summed E-state index contributed by atoms with van der Waals surface area (Å²) in [6, 6.07) is 6.26. The van der Waals surface area contributed by atoms with E-state index in [4.69, 9.17) is 5.73 Å². The maximum absolute atomic E-state index is 13.1. The van der Waals surface area contributed by atoms with E-state index in [1.54, 1.807) is 29.2 Å². The SMILES string of the molecule is C=C1C(=O)C(N)=C1N1CC(=O)c2ccc(CNC(=O)c3cc(C(=O)NC(CCC)C4=CCC(C(=O)O)C=C4)ncn3)cc2C1. The van der Waals surface area contributed by atoms with Crippen LogP contribution in [-0.4, -0.2) is 61.9 Å². The molecular formula is C32H32N6O6. The minimum absolute atomic E-state index is 0.00755. The maximum Gasteiger partial charge on any atom is 0.310 e. The summed E-state index contributed by atoms with van der Waals surface area (Å²) in [6.45, 7) is 6.32. The summed E-state index contributed by atoms with van der Waals surface area (Å²) in [5.41, 5.74) is 9.64. The van der Waals surface area contributed by atoms with Crippen LogP contribution in [-0.2, 0) is 22.7 Å². The van der Waals surface area contributed by atoms with Gasteiger partial charge in [0.1, 0.15) is 23.4 Å². The zero-order valence-electron chi connectivity index (χ0n) is 24.1. The summed E-state index contributed by atoms with van der Waals surface area (Å²) in [5.74, 6) is -2.90. The number of benzene rings is 1. The molecule has 2 unspecified atom stereocenters. The molecule has 2 aromatic rings. The van der Waals surface area contributed by atoms with Gasteiger partial charge in [0.05, 0.1) is 24.2 Å². The molecule has 5 N–H and O–H groups in total. The predicted octanol–water partition coefficient (Wildman–Crippen LogP) is 2.20. The van der Waals surface area contributed by atoms with Crippen LogP contribution in [0, 0.1) is 5.92 Å². The van der Waals surface area contributed by atoms with Crippen LogP contribution in [0.25, 0.3) is 0 Å². The van der Waals surface area contributed by atoms with Crippen LogP contribution in [0.3, 0.4) is 0 Å². The molecule has 1 aromatic heterocycles. The molecule has 0 spiro atoms. The topological polar surface area (TPSA) is 185 Å². The smallest absolute Gasteiger partial charge is 0.310 e. The van der Waals surface area contributed by atoms with Crippen LogP contribution in [0.15, 0.2) is 77.9 Å². The Labute approximate surface area is 253 Å². The summed E-state index contributed by atoms with van der Waals surface area (Å²) >= 11 is 0. The van der Waals surface area contributed by atoms with Gasteiger partial charge in [0, 0.05) is 30.3 Å². The highest BCUT2D eigenvalue weighted by molar-refractivity contribution is 6.18. The number of ketones is 2. The van der Waals surface area contributed by atoms with Gasteiger partial charge in [-0.3, -0.25) is 24.0 Å². The number of nitrogens with zero attached hydrogens (tertiary/aromatic N) is 3. The number of carbonyl (C=O) groups is 5. The van der Waals surface area contributed by atoms with Gasteiger partial charge >= 0.3 is 5.97 Å². The fourth-order valence-corrected chi connectivity index (χ4v) is 5.48. The Balaban J connectivity index is 1.22.